The Kier molecular flexibility index (Phi) is 3.93. The molecule has 0 aliphatic carbocycles. The summed E-state index contributed by atoms with van der Waals surface area (Å²) in [4.78, 5) is 15.7. The van der Waals surface area contributed by atoms with Crippen LogP contribution in [-0.2, 0) is 0 Å². The van der Waals surface area contributed by atoms with Crippen LogP contribution in [-0.4, -0.2) is 10.9 Å². The molecule has 2 rings (SSSR count). The quantitative estimate of drug-likeness (QED) is 0.849. The van der Waals surface area contributed by atoms with Crippen molar-refractivity contribution in [2.24, 2.45) is 0 Å². The molecule has 0 radical (unpaired) electrons. The van der Waals surface area contributed by atoms with Crippen molar-refractivity contribution in [3.05, 3.63) is 57.5 Å². The molecule has 0 bridgehead atoms. The summed E-state index contributed by atoms with van der Waals surface area (Å²) in [6.45, 7) is 0. The van der Waals surface area contributed by atoms with Crippen LogP contribution < -0.4 is 5.32 Å². The number of nitrogens with one attached hydrogen (secondary N) is 1. The summed E-state index contributed by atoms with van der Waals surface area (Å²) in [6, 6.07) is 7.35. The molecule has 0 saturated heterocycles. The van der Waals surface area contributed by atoms with E-state index < -0.39 is 11.7 Å². The lowest BCUT2D eigenvalue weighted by Crippen LogP contribution is -2.13. The minimum absolute atomic E-state index is 0.127. The molecule has 1 heterocycles. The third-order valence-electron chi connectivity index (χ3n) is 2.18. The number of halogens is 3. The highest BCUT2D eigenvalue weighted by atomic mass is 79.9. The van der Waals surface area contributed by atoms with Crippen LogP contribution in [0.1, 0.15) is 10.4 Å². The van der Waals surface area contributed by atoms with Gasteiger partial charge < -0.3 is 5.32 Å². The predicted molar refractivity (Wildman–Crippen MR) is 71.3 cm³/mol. The topological polar surface area (TPSA) is 42.0 Å². The Bertz CT molecular complexity index is 606. The van der Waals surface area contributed by atoms with Gasteiger partial charge in [-0.05, 0) is 40.2 Å². The van der Waals surface area contributed by atoms with E-state index in [1.165, 1.54) is 30.5 Å². The van der Waals surface area contributed by atoms with Gasteiger partial charge in [-0.15, -0.1) is 0 Å². The summed E-state index contributed by atoms with van der Waals surface area (Å²) in [6.07, 6.45) is 1.47. The van der Waals surface area contributed by atoms with Crippen molar-refractivity contribution in [3.8, 4) is 0 Å². The summed E-state index contributed by atoms with van der Waals surface area (Å²) < 4.78 is 13.4. The van der Waals surface area contributed by atoms with Gasteiger partial charge in [0.15, 0.2) is 0 Å². The number of carbonyl (C=O) groups excluding carboxylic acids is 1. The third kappa shape index (κ3) is 2.86. The molecule has 3 nitrogen and oxygen atoms in total. The Labute approximate surface area is 116 Å². The zero-order chi connectivity index (χ0) is 13.1. The van der Waals surface area contributed by atoms with Gasteiger partial charge in [-0.2, -0.15) is 0 Å². The zero-order valence-electron chi connectivity index (χ0n) is 8.95. The SMILES string of the molecule is O=C(Nc1ccnc(Cl)c1)c1cccc(F)c1Br. The van der Waals surface area contributed by atoms with Crippen LogP contribution in [0.5, 0.6) is 0 Å². The maximum Gasteiger partial charge on any atom is 0.256 e. The number of benzene rings is 1. The van der Waals surface area contributed by atoms with E-state index in [0.29, 0.717) is 5.69 Å². The van der Waals surface area contributed by atoms with Gasteiger partial charge in [-0.3, -0.25) is 4.79 Å². The molecular weight excluding hydrogens is 322 g/mol. The number of hydrogen-bond donors (Lipinski definition) is 1. The fraction of sp³-hybridized carbons (Fsp3) is 0. The lowest BCUT2D eigenvalue weighted by Gasteiger charge is -2.07. The highest BCUT2D eigenvalue weighted by Crippen LogP contribution is 2.22. The smallest absolute Gasteiger partial charge is 0.256 e. The Balaban J connectivity index is 2.25. The van der Waals surface area contributed by atoms with Crippen LogP contribution >= 0.6 is 27.5 Å². The molecule has 0 saturated carbocycles. The lowest BCUT2D eigenvalue weighted by atomic mass is 10.2. The highest BCUT2D eigenvalue weighted by molar-refractivity contribution is 9.10. The van der Waals surface area contributed by atoms with E-state index in [9.17, 15) is 9.18 Å². The number of amides is 1. The summed E-state index contributed by atoms with van der Waals surface area (Å²) in [5.74, 6) is -0.918. The van der Waals surface area contributed by atoms with Gasteiger partial charge in [0.1, 0.15) is 11.0 Å². The molecule has 0 spiro atoms. The second kappa shape index (κ2) is 5.46. The second-order valence-corrected chi connectivity index (χ2v) is 4.60. The molecule has 0 atom stereocenters. The summed E-state index contributed by atoms with van der Waals surface area (Å²) in [5.41, 5.74) is 0.707. The first-order chi connectivity index (χ1) is 8.58. The van der Waals surface area contributed by atoms with Crippen molar-refractivity contribution < 1.29 is 9.18 Å². The molecule has 18 heavy (non-hydrogen) atoms. The first kappa shape index (κ1) is 13.0. The van der Waals surface area contributed by atoms with Crippen LogP contribution in [0.2, 0.25) is 5.15 Å². The maximum absolute atomic E-state index is 13.3. The van der Waals surface area contributed by atoms with Crippen LogP contribution in [0.3, 0.4) is 0 Å². The van der Waals surface area contributed by atoms with Crippen molar-refractivity contribution in [2.45, 2.75) is 0 Å². The molecule has 0 unspecified atom stereocenters. The number of pyridine rings is 1. The molecule has 92 valence electrons. The number of nitrogens with zero attached hydrogens (tertiary/aromatic N) is 1. The average molecular weight is 330 g/mol. The fourth-order valence-corrected chi connectivity index (χ4v) is 1.98. The third-order valence-corrected chi connectivity index (χ3v) is 3.19. The van der Waals surface area contributed by atoms with Gasteiger partial charge >= 0.3 is 0 Å². The van der Waals surface area contributed by atoms with E-state index in [4.69, 9.17) is 11.6 Å². The van der Waals surface area contributed by atoms with Gasteiger partial charge in [0.05, 0.1) is 10.0 Å². The van der Waals surface area contributed by atoms with Crippen LogP contribution in [0.4, 0.5) is 10.1 Å². The molecule has 0 aliphatic heterocycles. The van der Waals surface area contributed by atoms with Crippen molar-refractivity contribution >= 4 is 39.1 Å². The standard InChI is InChI=1S/C12H7BrClFN2O/c13-11-8(2-1-3-9(11)15)12(18)17-7-4-5-16-10(14)6-7/h1-6H,(H,16,17,18). The average Bonchev–Trinajstić information content (AvgIpc) is 2.32. The highest BCUT2D eigenvalue weighted by Gasteiger charge is 2.13. The normalized spacial score (nSPS) is 10.2. The van der Waals surface area contributed by atoms with Gasteiger partial charge in [0.25, 0.3) is 5.91 Å². The molecule has 1 aromatic heterocycles. The van der Waals surface area contributed by atoms with Gasteiger partial charge in [-0.25, -0.2) is 9.37 Å². The molecular formula is C12H7BrClFN2O. The fourth-order valence-electron chi connectivity index (χ4n) is 1.36. The summed E-state index contributed by atoms with van der Waals surface area (Å²) >= 11 is 8.73. The molecule has 0 fully saturated rings. The number of rotatable bonds is 2. The molecule has 0 aliphatic rings. The number of hydrogen-bond acceptors (Lipinski definition) is 2. The Morgan fingerprint density at radius 1 is 1.39 bits per heavy atom. The Morgan fingerprint density at radius 2 is 2.17 bits per heavy atom. The Hall–Kier alpha value is -1.46. The van der Waals surface area contributed by atoms with E-state index in [1.54, 1.807) is 6.07 Å². The minimum Gasteiger partial charge on any atom is -0.322 e. The van der Waals surface area contributed by atoms with E-state index in [0.717, 1.165) is 0 Å². The molecule has 2 aromatic rings. The molecule has 6 heteroatoms. The first-order valence-corrected chi connectivity index (χ1v) is 6.12. The molecule has 1 amide bonds. The Morgan fingerprint density at radius 3 is 2.89 bits per heavy atom. The second-order valence-electron chi connectivity index (χ2n) is 3.42. The zero-order valence-corrected chi connectivity index (χ0v) is 11.3. The van der Waals surface area contributed by atoms with E-state index in [1.807, 2.05) is 0 Å². The van der Waals surface area contributed by atoms with Gasteiger partial charge in [-0.1, -0.05) is 17.7 Å². The van der Waals surface area contributed by atoms with Crippen molar-refractivity contribution in [1.82, 2.24) is 4.98 Å². The number of anilines is 1. The lowest BCUT2D eigenvalue weighted by molar-refractivity contribution is 0.102. The van der Waals surface area contributed by atoms with E-state index >= 15 is 0 Å². The minimum atomic E-state index is -0.490. The van der Waals surface area contributed by atoms with E-state index in [-0.39, 0.29) is 15.2 Å². The molecule has 1 aromatic carbocycles. The van der Waals surface area contributed by atoms with Gasteiger partial charge in [0, 0.05) is 11.9 Å². The van der Waals surface area contributed by atoms with Crippen molar-refractivity contribution in [2.75, 3.05) is 5.32 Å². The van der Waals surface area contributed by atoms with E-state index in [2.05, 4.69) is 26.2 Å². The monoisotopic (exact) mass is 328 g/mol. The number of aromatic nitrogens is 1. The largest absolute Gasteiger partial charge is 0.322 e. The van der Waals surface area contributed by atoms with Gasteiger partial charge in [0.2, 0.25) is 0 Å². The summed E-state index contributed by atoms with van der Waals surface area (Å²) in [7, 11) is 0. The van der Waals surface area contributed by atoms with Crippen LogP contribution in [0, 0.1) is 5.82 Å². The predicted octanol–water partition coefficient (Wildman–Crippen LogP) is 3.89. The van der Waals surface area contributed by atoms with Crippen LogP contribution in [0.15, 0.2) is 41.0 Å². The summed E-state index contributed by atoms with van der Waals surface area (Å²) in [5, 5.41) is 2.88. The van der Waals surface area contributed by atoms with Crippen molar-refractivity contribution in [1.29, 1.82) is 0 Å². The maximum atomic E-state index is 13.3. The van der Waals surface area contributed by atoms with Crippen molar-refractivity contribution in [3.63, 3.8) is 0 Å². The van der Waals surface area contributed by atoms with Crippen LogP contribution in [0.25, 0.3) is 0 Å². The molecule has 1 N–H and O–H groups in total. The first-order valence-electron chi connectivity index (χ1n) is 4.95. The number of carbonyl (C=O) groups is 1.